The molecule has 0 unspecified atom stereocenters. The lowest BCUT2D eigenvalue weighted by atomic mass is 10.3. The van der Waals surface area contributed by atoms with Crippen molar-refractivity contribution < 1.29 is 9.18 Å². The third-order valence-electron chi connectivity index (χ3n) is 3.11. The Bertz CT molecular complexity index is 469. The number of halogens is 1. The number of benzene rings is 1. The predicted molar refractivity (Wildman–Crippen MR) is 76.4 cm³/mol. The van der Waals surface area contributed by atoms with E-state index in [0.717, 1.165) is 5.69 Å². The van der Waals surface area contributed by atoms with Gasteiger partial charge in [-0.2, -0.15) is 0 Å². The van der Waals surface area contributed by atoms with Crippen LogP contribution in [0.5, 0.6) is 0 Å². The zero-order valence-electron chi connectivity index (χ0n) is 10.7. The Morgan fingerprint density at radius 1 is 1.16 bits per heavy atom. The van der Waals surface area contributed by atoms with Crippen LogP contribution in [0.1, 0.15) is 6.92 Å². The molecule has 0 saturated carbocycles. The molecule has 4 nitrogen and oxygen atoms in total. The normalized spacial score (nSPS) is 15.3. The number of thiocarbonyl (C=S) groups is 1. The van der Waals surface area contributed by atoms with Crippen LogP contribution in [0.15, 0.2) is 24.3 Å². The van der Waals surface area contributed by atoms with E-state index in [1.165, 1.54) is 12.1 Å². The summed E-state index contributed by atoms with van der Waals surface area (Å²) in [7, 11) is 0. The van der Waals surface area contributed by atoms with Crippen LogP contribution in [0.4, 0.5) is 10.1 Å². The number of carbonyl (C=O) groups excluding carboxylic acids is 1. The molecule has 19 heavy (non-hydrogen) atoms. The summed E-state index contributed by atoms with van der Waals surface area (Å²) in [5, 5.41) is 3.68. The maximum atomic E-state index is 12.8. The topological polar surface area (TPSA) is 35.6 Å². The van der Waals surface area contributed by atoms with Gasteiger partial charge in [0.25, 0.3) is 0 Å². The summed E-state index contributed by atoms with van der Waals surface area (Å²) in [6, 6.07) is 6.07. The van der Waals surface area contributed by atoms with Gasteiger partial charge in [0.05, 0.1) is 0 Å². The number of piperazine rings is 1. The van der Waals surface area contributed by atoms with E-state index in [0.29, 0.717) is 31.3 Å². The monoisotopic (exact) mass is 281 g/mol. The molecular weight excluding hydrogens is 265 g/mol. The van der Waals surface area contributed by atoms with E-state index in [9.17, 15) is 9.18 Å². The molecule has 2 rings (SSSR count). The fraction of sp³-hybridized carbons (Fsp3) is 0.385. The molecular formula is C13H16FN3OS. The molecule has 0 radical (unpaired) electrons. The maximum absolute atomic E-state index is 12.8. The predicted octanol–water partition coefficient (Wildman–Crippen LogP) is 1.69. The summed E-state index contributed by atoms with van der Waals surface area (Å²) in [5.74, 6) is -0.177. The molecule has 1 fully saturated rings. The number of rotatable bonds is 1. The number of amides is 1. The van der Waals surface area contributed by atoms with Crippen LogP contribution in [-0.4, -0.2) is 47.0 Å². The van der Waals surface area contributed by atoms with Crippen molar-refractivity contribution in [2.45, 2.75) is 6.92 Å². The molecule has 0 atom stereocenters. The number of nitrogens with one attached hydrogen (secondary N) is 1. The first kappa shape index (κ1) is 13.7. The lowest BCUT2D eigenvalue weighted by Crippen LogP contribution is -2.51. The molecule has 1 amide bonds. The molecule has 0 spiro atoms. The summed E-state index contributed by atoms with van der Waals surface area (Å²) in [6.45, 7) is 4.37. The second kappa shape index (κ2) is 5.97. The fourth-order valence-corrected chi connectivity index (χ4v) is 2.26. The highest BCUT2D eigenvalue weighted by Gasteiger charge is 2.20. The molecule has 0 aliphatic carbocycles. The second-order valence-electron chi connectivity index (χ2n) is 4.43. The molecule has 1 N–H and O–H groups in total. The summed E-state index contributed by atoms with van der Waals surface area (Å²) < 4.78 is 12.8. The molecule has 0 aromatic heterocycles. The van der Waals surface area contributed by atoms with Gasteiger partial charge in [-0.05, 0) is 36.5 Å². The van der Waals surface area contributed by atoms with E-state index in [4.69, 9.17) is 12.2 Å². The molecule has 1 heterocycles. The molecule has 6 heteroatoms. The van der Waals surface area contributed by atoms with Gasteiger partial charge in [-0.15, -0.1) is 0 Å². The van der Waals surface area contributed by atoms with Crippen LogP contribution in [0, 0.1) is 5.82 Å². The van der Waals surface area contributed by atoms with Crippen molar-refractivity contribution in [1.82, 2.24) is 9.80 Å². The average Bonchev–Trinajstić information content (AvgIpc) is 2.41. The highest BCUT2D eigenvalue weighted by Crippen LogP contribution is 2.10. The van der Waals surface area contributed by atoms with Crippen molar-refractivity contribution in [3.05, 3.63) is 30.1 Å². The summed E-state index contributed by atoms with van der Waals surface area (Å²) in [4.78, 5) is 15.0. The SMILES string of the molecule is CC(=O)N1CCN(C(=S)Nc2ccc(F)cc2)CC1. The van der Waals surface area contributed by atoms with Crippen LogP contribution in [0.2, 0.25) is 0 Å². The van der Waals surface area contributed by atoms with Gasteiger partial charge in [-0.25, -0.2) is 4.39 Å². The Hall–Kier alpha value is -1.69. The first-order chi connectivity index (χ1) is 9.06. The first-order valence-electron chi connectivity index (χ1n) is 6.13. The minimum Gasteiger partial charge on any atom is -0.345 e. The lowest BCUT2D eigenvalue weighted by Gasteiger charge is -2.35. The first-order valence-corrected chi connectivity index (χ1v) is 6.54. The lowest BCUT2D eigenvalue weighted by molar-refractivity contribution is -0.130. The molecule has 1 aliphatic rings. The van der Waals surface area contributed by atoms with E-state index < -0.39 is 0 Å². The Kier molecular flexibility index (Phi) is 4.31. The number of carbonyl (C=O) groups is 1. The van der Waals surface area contributed by atoms with E-state index >= 15 is 0 Å². The highest BCUT2D eigenvalue weighted by atomic mass is 32.1. The molecule has 0 bridgehead atoms. The summed E-state index contributed by atoms with van der Waals surface area (Å²) in [5.41, 5.74) is 0.764. The van der Waals surface area contributed by atoms with Gasteiger partial charge in [0.2, 0.25) is 5.91 Å². The number of hydrogen-bond donors (Lipinski definition) is 1. The fourth-order valence-electron chi connectivity index (χ4n) is 1.96. The highest BCUT2D eigenvalue weighted by molar-refractivity contribution is 7.80. The number of nitrogens with zero attached hydrogens (tertiary/aromatic N) is 2. The number of hydrogen-bond acceptors (Lipinski definition) is 2. The van der Waals surface area contributed by atoms with Crippen LogP contribution >= 0.6 is 12.2 Å². The van der Waals surface area contributed by atoms with Crippen molar-refractivity contribution >= 4 is 28.9 Å². The third kappa shape index (κ3) is 3.64. The van der Waals surface area contributed by atoms with Crippen LogP contribution in [-0.2, 0) is 4.79 Å². The Morgan fingerprint density at radius 2 is 1.68 bits per heavy atom. The van der Waals surface area contributed by atoms with Gasteiger partial charge in [0, 0.05) is 38.8 Å². The van der Waals surface area contributed by atoms with Crippen LogP contribution < -0.4 is 5.32 Å². The van der Waals surface area contributed by atoms with Gasteiger partial charge in [-0.3, -0.25) is 4.79 Å². The third-order valence-corrected chi connectivity index (χ3v) is 3.47. The molecule has 1 aromatic rings. The van der Waals surface area contributed by atoms with Crippen molar-refractivity contribution in [2.24, 2.45) is 0 Å². The quantitative estimate of drug-likeness (QED) is 0.795. The molecule has 1 aromatic carbocycles. The minimum atomic E-state index is -0.272. The largest absolute Gasteiger partial charge is 0.345 e. The molecule has 102 valence electrons. The van der Waals surface area contributed by atoms with Crippen molar-refractivity contribution in [3.63, 3.8) is 0 Å². The average molecular weight is 281 g/mol. The Balaban J connectivity index is 1.88. The van der Waals surface area contributed by atoms with Gasteiger partial charge in [-0.1, -0.05) is 0 Å². The molecule has 1 aliphatic heterocycles. The van der Waals surface area contributed by atoms with Gasteiger partial charge in [0.15, 0.2) is 5.11 Å². The maximum Gasteiger partial charge on any atom is 0.219 e. The summed E-state index contributed by atoms with van der Waals surface area (Å²) in [6.07, 6.45) is 0. The van der Waals surface area contributed by atoms with Gasteiger partial charge < -0.3 is 15.1 Å². The van der Waals surface area contributed by atoms with Crippen molar-refractivity contribution in [1.29, 1.82) is 0 Å². The van der Waals surface area contributed by atoms with Gasteiger partial charge in [0.1, 0.15) is 5.82 Å². The minimum absolute atomic E-state index is 0.0945. The Labute approximate surface area is 117 Å². The van der Waals surface area contributed by atoms with E-state index in [1.807, 2.05) is 4.90 Å². The van der Waals surface area contributed by atoms with Crippen molar-refractivity contribution in [2.75, 3.05) is 31.5 Å². The zero-order chi connectivity index (χ0) is 13.8. The Morgan fingerprint density at radius 3 is 2.21 bits per heavy atom. The second-order valence-corrected chi connectivity index (χ2v) is 4.82. The molecule has 1 saturated heterocycles. The van der Waals surface area contributed by atoms with Gasteiger partial charge >= 0.3 is 0 Å². The van der Waals surface area contributed by atoms with Crippen LogP contribution in [0.25, 0.3) is 0 Å². The summed E-state index contributed by atoms with van der Waals surface area (Å²) >= 11 is 5.31. The van der Waals surface area contributed by atoms with E-state index in [2.05, 4.69) is 5.32 Å². The smallest absolute Gasteiger partial charge is 0.219 e. The van der Waals surface area contributed by atoms with Crippen LogP contribution in [0.3, 0.4) is 0 Å². The zero-order valence-corrected chi connectivity index (χ0v) is 11.5. The van der Waals surface area contributed by atoms with Crippen molar-refractivity contribution in [3.8, 4) is 0 Å². The number of anilines is 1. The van der Waals surface area contributed by atoms with E-state index in [1.54, 1.807) is 24.0 Å². The van der Waals surface area contributed by atoms with E-state index in [-0.39, 0.29) is 11.7 Å². The standard InChI is InChI=1S/C13H16FN3OS/c1-10(18)16-6-8-17(9-7-16)13(19)15-12-4-2-11(14)3-5-12/h2-5H,6-9H2,1H3,(H,15,19).